The van der Waals surface area contributed by atoms with Gasteiger partial charge in [-0.25, -0.2) is 0 Å². The summed E-state index contributed by atoms with van der Waals surface area (Å²) in [6, 6.07) is 7.55. The van der Waals surface area contributed by atoms with Crippen LogP contribution in [0.3, 0.4) is 0 Å². The molecule has 1 aromatic carbocycles. The van der Waals surface area contributed by atoms with Gasteiger partial charge in [0.2, 0.25) is 0 Å². The fourth-order valence-corrected chi connectivity index (χ4v) is 1.23. The van der Waals surface area contributed by atoms with E-state index < -0.39 is 0 Å². The van der Waals surface area contributed by atoms with Gasteiger partial charge in [0.15, 0.2) is 0 Å². The third-order valence-corrected chi connectivity index (χ3v) is 2.01. The topological polar surface area (TPSA) is 23.8 Å². The Bertz CT molecular complexity index is 323. The number of hydrogen-bond donors (Lipinski definition) is 0. The molecular weight excluding hydrogens is 202 g/mol. The lowest BCUT2D eigenvalue weighted by Crippen LogP contribution is -1.77. The average Bonchev–Trinajstić information content (AvgIpc) is 2.04. The lowest BCUT2D eigenvalue weighted by atomic mass is 10.1. The van der Waals surface area contributed by atoms with Crippen molar-refractivity contribution in [2.24, 2.45) is 0 Å². The molecule has 0 bridgehead atoms. The van der Waals surface area contributed by atoms with Crippen molar-refractivity contribution < 1.29 is 0 Å². The maximum Gasteiger partial charge on any atom is 0.100 e. The SMILES string of the molecule is C=Cc1ccc(C#N)c(Br)c1. The summed E-state index contributed by atoms with van der Waals surface area (Å²) < 4.78 is 0.817. The number of halogens is 1. The van der Waals surface area contributed by atoms with E-state index >= 15 is 0 Å². The Kier molecular flexibility index (Phi) is 2.45. The standard InChI is InChI=1S/C9H6BrN/c1-2-7-3-4-8(6-11)9(10)5-7/h2-5H,1H2. The monoisotopic (exact) mass is 207 g/mol. The second-order valence-corrected chi connectivity index (χ2v) is 2.91. The quantitative estimate of drug-likeness (QED) is 0.695. The number of rotatable bonds is 1. The number of benzene rings is 1. The summed E-state index contributed by atoms with van der Waals surface area (Å²) in [4.78, 5) is 0. The van der Waals surface area contributed by atoms with E-state index in [0.29, 0.717) is 5.56 Å². The predicted molar refractivity (Wildman–Crippen MR) is 48.9 cm³/mol. The summed E-state index contributed by atoms with van der Waals surface area (Å²) >= 11 is 3.28. The molecule has 0 atom stereocenters. The van der Waals surface area contributed by atoms with Crippen LogP contribution in [0.25, 0.3) is 6.08 Å². The highest BCUT2D eigenvalue weighted by Crippen LogP contribution is 2.17. The van der Waals surface area contributed by atoms with Gasteiger partial charge in [-0.2, -0.15) is 5.26 Å². The largest absolute Gasteiger partial charge is 0.192 e. The Hall–Kier alpha value is -1.07. The van der Waals surface area contributed by atoms with Gasteiger partial charge in [0.25, 0.3) is 0 Å². The Balaban J connectivity index is 3.22. The van der Waals surface area contributed by atoms with Crippen LogP contribution in [0.5, 0.6) is 0 Å². The van der Waals surface area contributed by atoms with Crippen molar-refractivity contribution in [1.29, 1.82) is 5.26 Å². The van der Waals surface area contributed by atoms with E-state index in [9.17, 15) is 0 Å². The van der Waals surface area contributed by atoms with Crippen LogP contribution in [0.15, 0.2) is 29.3 Å². The first-order valence-corrected chi connectivity index (χ1v) is 3.89. The minimum atomic E-state index is 0.649. The van der Waals surface area contributed by atoms with Crippen LogP contribution in [-0.2, 0) is 0 Å². The van der Waals surface area contributed by atoms with Crippen LogP contribution >= 0.6 is 15.9 Å². The van der Waals surface area contributed by atoms with E-state index in [1.807, 2.05) is 12.1 Å². The molecular formula is C9H6BrN. The van der Waals surface area contributed by atoms with E-state index in [1.54, 1.807) is 12.1 Å². The van der Waals surface area contributed by atoms with Crippen LogP contribution in [-0.4, -0.2) is 0 Å². The fourth-order valence-electron chi connectivity index (χ4n) is 0.749. The molecule has 0 aliphatic rings. The first-order chi connectivity index (χ1) is 5.27. The summed E-state index contributed by atoms with van der Waals surface area (Å²) in [6.45, 7) is 3.62. The molecule has 2 heteroatoms. The van der Waals surface area contributed by atoms with Gasteiger partial charge in [-0.3, -0.25) is 0 Å². The molecule has 1 rings (SSSR count). The van der Waals surface area contributed by atoms with Crippen LogP contribution < -0.4 is 0 Å². The molecule has 0 saturated heterocycles. The molecule has 1 aromatic rings. The van der Waals surface area contributed by atoms with Gasteiger partial charge in [0.1, 0.15) is 6.07 Å². The van der Waals surface area contributed by atoms with E-state index in [4.69, 9.17) is 5.26 Å². The molecule has 0 unspecified atom stereocenters. The highest BCUT2D eigenvalue weighted by Gasteiger charge is 1.96. The third-order valence-electron chi connectivity index (χ3n) is 1.35. The summed E-state index contributed by atoms with van der Waals surface area (Å²) in [5.41, 5.74) is 1.66. The highest BCUT2D eigenvalue weighted by atomic mass is 79.9. The Morgan fingerprint density at radius 1 is 1.55 bits per heavy atom. The van der Waals surface area contributed by atoms with Crippen molar-refractivity contribution in [3.63, 3.8) is 0 Å². The summed E-state index contributed by atoms with van der Waals surface area (Å²) in [5, 5.41) is 8.58. The lowest BCUT2D eigenvalue weighted by Gasteiger charge is -1.95. The molecule has 0 spiro atoms. The third kappa shape index (κ3) is 1.69. The molecule has 0 amide bonds. The van der Waals surface area contributed by atoms with Gasteiger partial charge < -0.3 is 0 Å². The normalized spacial score (nSPS) is 8.73. The zero-order chi connectivity index (χ0) is 8.27. The van der Waals surface area contributed by atoms with Gasteiger partial charge in [0, 0.05) is 4.47 Å². The molecule has 0 aromatic heterocycles. The smallest absolute Gasteiger partial charge is 0.100 e. The van der Waals surface area contributed by atoms with Crippen LogP contribution in [0.1, 0.15) is 11.1 Å². The van der Waals surface area contributed by atoms with Gasteiger partial charge >= 0.3 is 0 Å². The van der Waals surface area contributed by atoms with E-state index in [-0.39, 0.29) is 0 Å². The van der Waals surface area contributed by atoms with Crippen LogP contribution in [0, 0.1) is 11.3 Å². The Morgan fingerprint density at radius 2 is 2.27 bits per heavy atom. The molecule has 54 valence electrons. The molecule has 1 nitrogen and oxygen atoms in total. The maximum atomic E-state index is 8.58. The van der Waals surface area contributed by atoms with E-state index in [0.717, 1.165) is 10.0 Å². The molecule has 0 aliphatic heterocycles. The van der Waals surface area contributed by atoms with E-state index in [1.165, 1.54) is 0 Å². The highest BCUT2D eigenvalue weighted by molar-refractivity contribution is 9.10. The van der Waals surface area contributed by atoms with Crippen molar-refractivity contribution in [1.82, 2.24) is 0 Å². The lowest BCUT2D eigenvalue weighted by molar-refractivity contribution is 1.46. The Labute approximate surface area is 74.1 Å². The molecule has 0 saturated carbocycles. The van der Waals surface area contributed by atoms with Crippen molar-refractivity contribution in [3.8, 4) is 6.07 Å². The molecule has 0 heterocycles. The minimum Gasteiger partial charge on any atom is -0.192 e. The van der Waals surface area contributed by atoms with Gasteiger partial charge in [-0.1, -0.05) is 18.7 Å². The molecule has 0 fully saturated rings. The summed E-state index contributed by atoms with van der Waals surface area (Å²) in [7, 11) is 0. The van der Waals surface area contributed by atoms with Gasteiger partial charge in [0.05, 0.1) is 5.56 Å². The predicted octanol–water partition coefficient (Wildman–Crippen LogP) is 2.96. The first-order valence-electron chi connectivity index (χ1n) is 3.10. The van der Waals surface area contributed by atoms with Gasteiger partial charge in [-0.05, 0) is 33.6 Å². The second kappa shape index (κ2) is 3.36. The van der Waals surface area contributed by atoms with Crippen molar-refractivity contribution in [2.45, 2.75) is 0 Å². The average molecular weight is 208 g/mol. The second-order valence-electron chi connectivity index (χ2n) is 2.06. The van der Waals surface area contributed by atoms with Crippen molar-refractivity contribution in [3.05, 3.63) is 40.4 Å². The number of hydrogen-bond acceptors (Lipinski definition) is 1. The summed E-state index contributed by atoms with van der Waals surface area (Å²) in [5.74, 6) is 0. The maximum absolute atomic E-state index is 8.58. The van der Waals surface area contributed by atoms with E-state index in [2.05, 4.69) is 28.6 Å². The molecule has 0 radical (unpaired) electrons. The zero-order valence-electron chi connectivity index (χ0n) is 5.84. The molecule has 11 heavy (non-hydrogen) atoms. The molecule has 0 N–H and O–H groups in total. The van der Waals surface area contributed by atoms with Gasteiger partial charge in [-0.15, -0.1) is 0 Å². The number of nitriles is 1. The summed E-state index contributed by atoms with van der Waals surface area (Å²) in [6.07, 6.45) is 1.74. The molecule has 0 aliphatic carbocycles. The van der Waals surface area contributed by atoms with Crippen molar-refractivity contribution in [2.75, 3.05) is 0 Å². The number of nitrogens with zero attached hydrogens (tertiary/aromatic N) is 1. The van der Waals surface area contributed by atoms with Crippen molar-refractivity contribution >= 4 is 22.0 Å². The Morgan fingerprint density at radius 3 is 2.73 bits per heavy atom. The minimum absolute atomic E-state index is 0.649. The van der Waals surface area contributed by atoms with Crippen LogP contribution in [0.4, 0.5) is 0 Å². The zero-order valence-corrected chi connectivity index (χ0v) is 7.43. The fraction of sp³-hybridized carbons (Fsp3) is 0. The first kappa shape index (κ1) is 8.03. The van der Waals surface area contributed by atoms with Crippen LogP contribution in [0.2, 0.25) is 0 Å².